The molecule has 8 nitrogen and oxygen atoms in total. The normalized spacial score (nSPS) is 24.8. The van der Waals surface area contributed by atoms with Gasteiger partial charge in [0.1, 0.15) is 11.6 Å². The molecule has 178 valence electrons. The smallest absolute Gasteiger partial charge is 0.411 e. The van der Waals surface area contributed by atoms with Gasteiger partial charge in [0, 0.05) is 6.04 Å². The first-order chi connectivity index (χ1) is 14.8. The molecular weight excluding hydrogens is 434 g/mol. The van der Waals surface area contributed by atoms with Crippen molar-refractivity contribution in [2.45, 2.75) is 88.8 Å². The molecule has 0 spiro atoms. The van der Waals surface area contributed by atoms with E-state index in [0.29, 0.717) is 12.8 Å². The highest BCUT2D eigenvalue weighted by molar-refractivity contribution is 7.86. The number of aliphatic carboxylic acids is 1. The first-order valence-corrected chi connectivity index (χ1v) is 12.5. The predicted octanol–water partition coefficient (Wildman–Crippen LogP) is 4.11. The summed E-state index contributed by atoms with van der Waals surface area (Å²) in [7, 11) is -3.76. The number of benzene rings is 1. The van der Waals surface area contributed by atoms with Crippen molar-refractivity contribution in [3.8, 4) is 0 Å². The monoisotopic (exact) mass is 467 g/mol. The van der Waals surface area contributed by atoms with E-state index in [0.717, 1.165) is 31.2 Å². The Hall–Kier alpha value is -2.13. The number of amides is 1. The zero-order valence-corrected chi connectivity index (χ0v) is 20.0. The lowest BCUT2D eigenvalue weighted by Gasteiger charge is -2.28. The molecule has 1 aromatic carbocycles. The number of carboxylic acid groups (broad SMARTS) is 1. The topological polar surface area (TPSA) is 110 Å². The fourth-order valence-corrected chi connectivity index (χ4v) is 5.43. The number of fused-ring (bicyclic) bond motifs is 1. The van der Waals surface area contributed by atoms with Gasteiger partial charge in [0.15, 0.2) is 0 Å². The number of aryl methyl sites for hydroxylation is 1. The molecule has 1 saturated heterocycles. The van der Waals surface area contributed by atoms with Gasteiger partial charge in [0.05, 0.1) is 11.5 Å². The van der Waals surface area contributed by atoms with Crippen molar-refractivity contribution in [3.63, 3.8) is 0 Å². The molecule has 9 heteroatoms. The molecule has 1 aliphatic heterocycles. The van der Waals surface area contributed by atoms with Gasteiger partial charge in [-0.15, -0.1) is 0 Å². The van der Waals surface area contributed by atoms with Crippen molar-refractivity contribution in [3.05, 3.63) is 29.8 Å². The molecule has 3 rings (SSSR count). The quantitative estimate of drug-likeness (QED) is 0.430. The number of unbranched alkanes of at least 4 members (excludes halogenated alkanes) is 2. The number of hydrogen-bond donors (Lipinski definition) is 1. The first-order valence-electron chi connectivity index (χ1n) is 11.0. The van der Waals surface area contributed by atoms with Gasteiger partial charge in [-0.05, 0) is 70.9 Å². The summed E-state index contributed by atoms with van der Waals surface area (Å²) in [6.07, 6.45) is 3.62. The molecule has 2 aliphatic rings. The molecule has 1 N–H and O–H groups in total. The van der Waals surface area contributed by atoms with E-state index in [4.69, 9.17) is 8.92 Å². The summed E-state index contributed by atoms with van der Waals surface area (Å²) >= 11 is 0. The van der Waals surface area contributed by atoms with E-state index in [9.17, 15) is 23.1 Å². The SMILES string of the molecule is Cc1ccc(S(=O)(=O)OCCCCCC23CC(C(=O)O)N(C(=O)OC(C)(C)C)C2C3)cc1. The zero-order valence-electron chi connectivity index (χ0n) is 19.2. The standard InChI is InChI=1S/C23H33NO7S/c1-16-8-10-17(11-9-16)32(28,29)30-13-7-5-6-12-23-14-18(20(25)26)24(19(23)15-23)21(27)31-22(2,3)4/h8-11,18-19H,5-7,12-15H2,1-4H3,(H,25,26). The summed E-state index contributed by atoms with van der Waals surface area (Å²) in [5.74, 6) is -1.00. The minimum absolute atomic E-state index is 0.100. The van der Waals surface area contributed by atoms with Crippen LogP contribution in [0.15, 0.2) is 29.2 Å². The summed E-state index contributed by atoms with van der Waals surface area (Å²) in [5.41, 5.74) is 0.123. The zero-order chi connectivity index (χ0) is 23.7. The van der Waals surface area contributed by atoms with E-state index in [1.807, 2.05) is 6.92 Å². The Morgan fingerprint density at radius 1 is 1.12 bits per heavy atom. The Balaban J connectivity index is 1.45. The number of carbonyl (C=O) groups excluding carboxylic acids is 1. The van der Waals surface area contributed by atoms with Crippen LogP contribution in [0.2, 0.25) is 0 Å². The van der Waals surface area contributed by atoms with Gasteiger partial charge in [-0.2, -0.15) is 8.42 Å². The third-order valence-corrected chi connectivity index (χ3v) is 7.50. The summed E-state index contributed by atoms with van der Waals surface area (Å²) in [5, 5.41) is 9.59. The van der Waals surface area contributed by atoms with Crippen molar-refractivity contribution in [2.24, 2.45) is 5.41 Å². The third-order valence-electron chi connectivity index (χ3n) is 6.17. The molecule has 1 aromatic rings. The largest absolute Gasteiger partial charge is 0.480 e. The summed E-state index contributed by atoms with van der Waals surface area (Å²) in [4.78, 5) is 25.8. The number of carboxylic acids is 1. The second-order valence-corrected chi connectivity index (χ2v) is 11.5. The highest BCUT2D eigenvalue weighted by Gasteiger charge is 2.67. The molecule has 1 aliphatic carbocycles. The van der Waals surface area contributed by atoms with E-state index in [-0.39, 0.29) is 23.0 Å². The van der Waals surface area contributed by atoms with Crippen LogP contribution in [0.3, 0.4) is 0 Å². The van der Waals surface area contributed by atoms with Crippen molar-refractivity contribution in [1.29, 1.82) is 0 Å². The molecule has 0 radical (unpaired) electrons. The van der Waals surface area contributed by atoms with E-state index in [1.165, 1.54) is 17.0 Å². The van der Waals surface area contributed by atoms with Crippen molar-refractivity contribution in [1.82, 2.24) is 4.90 Å². The maximum Gasteiger partial charge on any atom is 0.411 e. The molecule has 1 saturated carbocycles. The van der Waals surface area contributed by atoms with Crippen molar-refractivity contribution in [2.75, 3.05) is 6.61 Å². The number of hydrogen-bond acceptors (Lipinski definition) is 6. The molecule has 1 amide bonds. The van der Waals surface area contributed by atoms with E-state index in [2.05, 4.69) is 0 Å². The Bertz CT molecular complexity index is 952. The summed E-state index contributed by atoms with van der Waals surface area (Å²) in [6.45, 7) is 7.28. The summed E-state index contributed by atoms with van der Waals surface area (Å²) < 4.78 is 35.0. The third kappa shape index (κ3) is 5.61. The van der Waals surface area contributed by atoms with E-state index >= 15 is 0 Å². The summed E-state index contributed by atoms with van der Waals surface area (Å²) in [6, 6.07) is 5.57. The van der Waals surface area contributed by atoms with Crippen molar-refractivity contribution >= 4 is 22.2 Å². The van der Waals surface area contributed by atoms with Crippen LogP contribution >= 0.6 is 0 Å². The average Bonchev–Trinajstić information content (AvgIpc) is 3.27. The van der Waals surface area contributed by atoms with Crippen LogP contribution in [0.1, 0.15) is 64.9 Å². The number of carbonyl (C=O) groups is 2. The van der Waals surface area contributed by atoms with Gasteiger partial charge < -0.3 is 9.84 Å². The lowest BCUT2D eigenvalue weighted by molar-refractivity contribution is -0.142. The molecule has 1 heterocycles. The van der Waals surface area contributed by atoms with E-state index < -0.39 is 33.8 Å². The molecule has 0 bridgehead atoms. The minimum atomic E-state index is -3.76. The lowest BCUT2D eigenvalue weighted by Crippen LogP contribution is -2.45. The van der Waals surface area contributed by atoms with Crippen LogP contribution in [0.4, 0.5) is 4.79 Å². The highest BCUT2D eigenvalue weighted by Crippen LogP contribution is 2.62. The van der Waals surface area contributed by atoms with Gasteiger partial charge in [0.25, 0.3) is 10.1 Å². The maximum absolute atomic E-state index is 12.6. The van der Waals surface area contributed by atoms with Crippen LogP contribution in [-0.4, -0.2) is 54.8 Å². The molecular formula is C23H33NO7S. The van der Waals surface area contributed by atoms with Gasteiger partial charge >= 0.3 is 12.1 Å². The molecule has 3 unspecified atom stereocenters. The number of likely N-dealkylation sites (tertiary alicyclic amines) is 1. The second kappa shape index (κ2) is 9.02. The van der Waals surface area contributed by atoms with Crippen LogP contribution in [0.5, 0.6) is 0 Å². The Kier molecular flexibility index (Phi) is 6.91. The number of piperidine rings is 1. The predicted molar refractivity (Wildman–Crippen MR) is 118 cm³/mol. The molecule has 32 heavy (non-hydrogen) atoms. The van der Waals surface area contributed by atoms with Gasteiger partial charge in [0.2, 0.25) is 0 Å². The van der Waals surface area contributed by atoms with Crippen LogP contribution in [0.25, 0.3) is 0 Å². The number of ether oxygens (including phenoxy) is 1. The molecule has 2 fully saturated rings. The Labute approximate surface area is 190 Å². The molecule has 0 aromatic heterocycles. The average molecular weight is 468 g/mol. The lowest BCUT2D eigenvalue weighted by atomic mass is 9.93. The highest BCUT2D eigenvalue weighted by atomic mass is 32.2. The van der Waals surface area contributed by atoms with Crippen LogP contribution in [-0.2, 0) is 23.8 Å². The Morgan fingerprint density at radius 3 is 2.38 bits per heavy atom. The minimum Gasteiger partial charge on any atom is -0.480 e. The maximum atomic E-state index is 12.6. The number of nitrogens with zero attached hydrogens (tertiary/aromatic N) is 1. The van der Waals surface area contributed by atoms with Crippen molar-refractivity contribution < 1.29 is 32.0 Å². The fourth-order valence-electron chi connectivity index (χ4n) is 4.48. The Morgan fingerprint density at radius 2 is 1.78 bits per heavy atom. The fraction of sp³-hybridized carbons (Fsp3) is 0.652. The van der Waals surface area contributed by atoms with E-state index in [1.54, 1.807) is 32.9 Å². The second-order valence-electron chi connectivity index (χ2n) is 9.93. The van der Waals surface area contributed by atoms with Gasteiger partial charge in [-0.1, -0.05) is 30.5 Å². The first kappa shape index (κ1) is 24.5. The van der Waals surface area contributed by atoms with Gasteiger partial charge in [-0.25, -0.2) is 9.59 Å². The van der Waals surface area contributed by atoms with Crippen LogP contribution in [0, 0.1) is 12.3 Å². The molecule has 3 atom stereocenters. The van der Waals surface area contributed by atoms with Gasteiger partial charge in [-0.3, -0.25) is 9.08 Å². The van der Waals surface area contributed by atoms with Crippen LogP contribution < -0.4 is 0 Å². The number of rotatable bonds is 9.